The third-order valence-corrected chi connectivity index (χ3v) is 3.62. The SMILES string of the molecule is O=C(Nc1ccc(C#CCO)cc1)c1sccc1Cl. The molecule has 0 atom stereocenters. The van der Waals surface area contributed by atoms with Crippen LogP contribution in [-0.2, 0) is 0 Å². The summed E-state index contributed by atoms with van der Waals surface area (Å²) in [5, 5.41) is 13.6. The summed E-state index contributed by atoms with van der Waals surface area (Å²) in [6.45, 7) is -0.171. The summed E-state index contributed by atoms with van der Waals surface area (Å²) < 4.78 is 0. The van der Waals surface area contributed by atoms with E-state index in [1.165, 1.54) is 11.3 Å². The van der Waals surface area contributed by atoms with Crippen molar-refractivity contribution in [2.45, 2.75) is 0 Å². The van der Waals surface area contributed by atoms with E-state index in [0.29, 0.717) is 15.6 Å². The minimum absolute atomic E-state index is 0.171. The molecule has 0 unspecified atom stereocenters. The Morgan fingerprint density at radius 1 is 1.32 bits per heavy atom. The number of amides is 1. The number of rotatable bonds is 2. The molecule has 0 spiro atoms. The molecule has 0 saturated heterocycles. The van der Waals surface area contributed by atoms with Gasteiger partial charge in [0.25, 0.3) is 5.91 Å². The first-order valence-corrected chi connectivity index (χ1v) is 6.70. The Labute approximate surface area is 119 Å². The standard InChI is InChI=1S/C14H10ClNO2S/c15-12-7-9-19-13(12)14(18)16-11-5-3-10(4-6-11)2-1-8-17/h3-7,9,17H,8H2,(H,16,18). The topological polar surface area (TPSA) is 49.3 Å². The van der Waals surface area contributed by atoms with Crippen molar-refractivity contribution in [1.29, 1.82) is 0 Å². The molecule has 19 heavy (non-hydrogen) atoms. The van der Waals surface area contributed by atoms with Gasteiger partial charge in [0.1, 0.15) is 11.5 Å². The van der Waals surface area contributed by atoms with Crippen molar-refractivity contribution in [2.75, 3.05) is 11.9 Å². The molecule has 5 heteroatoms. The molecule has 2 N–H and O–H groups in total. The Hall–Kier alpha value is -1.80. The van der Waals surface area contributed by atoms with E-state index in [4.69, 9.17) is 16.7 Å². The molecule has 0 aliphatic heterocycles. The van der Waals surface area contributed by atoms with E-state index < -0.39 is 0 Å². The second kappa shape index (κ2) is 6.39. The number of nitrogens with one attached hydrogen (secondary N) is 1. The molecule has 96 valence electrons. The van der Waals surface area contributed by atoms with Crippen molar-refractivity contribution >= 4 is 34.5 Å². The molecule has 1 aromatic carbocycles. The van der Waals surface area contributed by atoms with Gasteiger partial charge in [-0.1, -0.05) is 23.4 Å². The lowest BCUT2D eigenvalue weighted by Gasteiger charge is -2.03. The number of halogens is 1. The summed E-state index contributed by atoms with van der Waals surface area (Å²) in [4.78, 5) is 12.4. The van der Waals surface area contributed by atoms with Crippen LogP contribution in [0.25, 0.3) is 0 Å². The Kier molecular flexibility index (Phi) is 4.58. The fourth-order valence-electron chi connectivity index (χ4n) is 1.42. The van der Waals surface area contributed by atoms with Crippen LogP contribution in [0.15, 0.2) is 35.7 Å². The zero-order valence-electron chi connectivity index (χ0n) is 9.81. The highest BCUT2D eigenvalue weighted by Gasteiger charge is 2.11. The minimum Gasteiger partial charge on any atom is -0.384 e. The molecule has 2 rings (SSSR count). The number of thiophene rings is 1. The smallest absolute Gasteiger partial charge is 0.267 e. The summed E-state index contributed by atoms with van der Waals surface area (Å²) in [6, 6.07) is 8.74. The van der Waals surface area contributed by atoms with Gasteiger partial charge in [0, 0.05) is 11.3 Å². The van der Waals surface area contributed by atoms with Crippen LogP contribution < -0.4 is 5.32 Å². The zero-order valence-corrected chi connectivity index (χ0v) is 11.4. The van der Waals surface area contributed by atoms with E-state index in [0.717, 1.165) is 5.56 Å². The molecule has 0 radical (unpaired) electrons. The van der Waals surface area contributed by atoms with Gasteiger partial charge in [0.15, 0.2) is 0 Å². The molecule has 1 heterocycles. The van der Waals surface area contributed by atoms with Gasteiger partial charge < -0.3 is 10.4 Å². The zero-order chi connectivity index (χ0) is 13.7. The summed E-state index contributed by atoms with van der Waals surface area (Å²) in [5.41, 5.74) is 1.45. The van der Waals surface area contributed by atoms with Gasteiger partial charge in [0.05, 0.1) is 5.02 Å². The monoisotopic (exact) mass is 291 g/mol. The first-order valence-electron chi connectivity index (χ1n) is 5.45. The van der Waals surface area contributed by atoms with Crippen LogP contribution in [0.1, 0.15) is 15.2 Å². The Morgan fingerprint density at radius 2 is 2.05 bits per heavy atom. The highest BCUT2D eigenvalue weighted by Crippen LogP contribution is 2.23. The average Bonchev–Trinajstić information content (AvgIpc) is 2.84. The molecule has 0 fully saturated rings. The van der Waals surface area contributed by atoms with E-state index in [1.54, 1.807) is 35.7 Å². The van der Waals surface area contributed by atoms with Crippen LogP contribution in [-0.4, -0.2) is 17.6 Å². The molecule has 0 aliphatic rings. The number of benzene rings is 1. The van der Waals surface area contributed by atoms with Gasteiger partial charge in [-0.05, 0) is 35.7 Å². The number of aliphatic hydroxyl groups is 1. The first-order chi connectivity index (χ1) is 9.20. The fourth-order valence-corrected chi connectivity index (χ4v) is 2.46. The molecule has 0 saturated carbocycles. The number of aliphatic hydroxyl groups excluding tert-OH is 1. The van der Waals surface area contributed by atoms with E-state index in [1.807, 2.05) is 0 Å². The molecule has 1 amide bonds. The lowest BCUT2D eigenvalue weighted by atomic mass is 10.2. The van der Waals surface area contributed by atoms with Gasteiger partial charge in [-0.15, -0.1) is 11.3 Å². The minimum atomic E-state index is -0.228. The first kappa shape index (κ1) is 13.6. The largest absolute Gasteiger partial charge is 0.384 e. The highest BCUT2D eigenvalue weighted by atomic mass is 35.5. The number of carbonyl (C=O) groups excluding carboxylic acids is 1. The van der Waals surface area contributed by atoms with Crippen molar-refractivity contribution in [3.8, 4) is 11.8 Å². The molecular weight excluding hydrogens is 282 g/mol. The van der Waals surface area contributed by atoms with Gasteiger partial charge in [0.2, 0.25) is 0 Å². The van der Waals surface area contributed by atoms with E-state index >= 15 is 0 Å². The quantitative estimate of drug-likeness (QED) is 0.836. The summed E-state index contributed by atoms with van der Waals surface area (Å²) in [7, 11) is 0. The van der Waals surface area contributed by atoms with Gasteiger partial charge in [-0.2, -0.15) is 0 Å². The van der Waals surface area contributed by atoms with Crippen molar-refractivity contribution in [1.82, 2.24) is 0 Å². The second-order valence-electron chi connectivity index (χ2n) is 3.59. The van der Waals surface area contributed by atoms with Crippen LogP contribution >= 0.6 is 22.9 Å². The van der Waals surface area contributed by atoms with Crippen LogP contribution in [0, 0.1) is 11.8 Å². The van der Waals surface area contributed by atoms with Gasteiger partial charge in [-0.25, -0.2) is 0 Å². The fraction of sp³-hybridized carbons (Fsp3) is 0.0714. The summed E-state index contributed by atoms with van der Waals surface area (Å²) >= 11 is 7.19. The van der Waals surface area contributed by atoms with Gasteiger partial charge >= 0.3 is 0 Å². The van der Waals surface area contributed by atoms with Crippen molar-refractivity contribution < 1.29 is 9.90 Å². The van der Waals surface area contributed by atoms with Crippen LogP contribution in [0.2, 0.25) is 5.02 Å². The highest BCUT2D eigenvalue weighted by molar-refractivity contribution is 7.12. The molecule has 3 nitrogen and oxygen atoms in total. The third kappa shape index (κ3) is 3.58. The molecule has 1 aromatic heterocycles. The molecule has 0 bridgehead atoms. The predicted molar refractivity (Wildman–Crippen MR) is 77.7 cm³/mol. The number of anilines is 1. The number of carbonyl (C=O) groups is 1. The third-order valence-electron chi connectivity index (χ3n) is 2.28. The van der Waals surface area contributed by atoms with Crippen molar-refractivity contribution in [3.63, 3.8) is 0 Å². The normalized spacial score (nSPS) is 9.58. The van der Waals surface area contributed by atoms with Crippen LogP contribution in [0.3, 0.4) is 0 Å². The van der Waals surface area contributed by atoms with Crippen LogP contribution in [0.5, 0.6) is 0 Å². The molecule has 0 aliphatic carbocycles. The lowest BCUT2D eigenvalue weighted by Crippen LogP contribution is -2.10. The van der Waals surface area contributed by atoms with Crippen molar-refractivity contribution in [3.05, 3.63) is 51.2 Å². The Balaban J connectivity index is 2.08. The summed E-state index contributed by atoms with van der Waals surface area (Å²) in [5.74, 6) is 5.11. The van der Waals surface area contributed by atoms with E-state index in [2.05, 4.69) is 17.2 Å². The second-order valence-corrected chi connectivity index (χ2v) is 4.91. The van der Waals surface area contributed by atoms with Gasteiger partial charge in [-0.3, -0.25) is 4.79 Å². The molecule has 2 aromatic rings. The maximum atomic E-state index is 11.9. The molecular formula is C14H10ClNO2S. The van der Waals surface area contributed by atoms with E-state index in [9.17, 15) is 4.79 Å². The predicted octanol–water partition coefficient (Wildman–Crippen LogP) is 3.00. The number of hydrogen-bond acceptors (Lipinski definition) is 3. The van der Waals surface area contributed by atoms with E-state index in [-0.39, 0.29) is 12.5 Å². The lowest BCUT2D eigenvalue weighted by molar-refractivity contribution is 0.103. The summed E-state index contributed by atoms with van der Waals surface area (Å²) in [6.07, 6.45) is 0. The maximum Gasteiger partial charge on any atom is 0.267 e. The average molecular weight is 292 g/mol. The Morgan fingerprint density at radius 3 is 2.63 bits per heavy atom. The van der Waals surface area contributed by atoms with Crippen LogP contribution in [0.4, 0.5) is 5.69 Å². The Bertz CT molecular complexity index is 637. The van der Waals surface area contributed by atoms with Crippen molar-refractivity contribution in [2.24, 2.45) is 0 Å². The maximum absolute atomic E-state index is 11.9. The number of hydrogen-bond donors (Lipinski definition) is 2.